The van der Waals surface area contributed by atoms with Gasteiger partial charge in [-0.15, -0.1) is 0 Å². The molecule has 3 heterocycles. The highest BCUT2D eigenvalue weighted by atomic mass is 19.4. The van der Waals surface area contributed by atoms with Gasteiger partial charge in [0.05, 0.1) is 17.3 Å². The standard InChI is InChI=1S/C21H20F3N5O3/c22-21(23,24)20(28-15(30)9-8-12-4-1-2-5-12)18(31)27-19-26-16-13(17-25-10-11-32-17)6-3-7-14(16)29(19)20/h3,6-7,10-12H,1-2,4-5,8-9H2,(H,28,30)(H,26,27,31). The number of imidazole rings is 1. The molecule has 2 amide bonds. The summed E-state index contributed by atoms with van der Waals surface area (Å²) in [5, 5.41) is 4.19. The molecule has 1 saturated carbocycles. The van der Waals surface area contributed by atoms with Gasteiger partial charge in [0.15, 0.2) is 0 Å². The minimum Gasteiger partial charge on any atom is -0.444 e. The van der Waals surface area contributed by atoms with Crippen molar-refractivity contribution >= 4 is 28.8 Å². The van der Waals surface area contributed by atoms with Crippen LogP contribution in [0.25, 0.3) is 22.5 Å². The van der Waals surface area contributed by atoms with Crippen molar-refractivity contribution in [3.05, 3.63) is 30.7 Å². The first-order valence-corrected chi connectivity index (χ1v) is 10.4. The summed E-state index contributed by atoms with van der Waals surface area (Å²) in [7, 11) is 0. The molecule has 2 aromatic heterocycles. The molecule has 11 heteroatoms. The average molecular weight is 447 g/mol. The molecular weight excluding hydrogens is 427 g/mol. The summed E-state index contributed by atoms with van der Waals surface area (Å²) in [6.07, 6.45) is 2.12. The molecule has 8 nitrogen and oxygen atoms in total. The zero-order chi connectivity index (χ0) is 22.5. The number of fused-ring (bicyclic) bond motifs is 3. The van der Waals surface area contributed by atoms with Gasteiger partial charge in [0.2, 0.25) is 17.7 Å². The molecule has 5 rings (SSSR count). The van der Waals surface area contributed by atoms with E-state index in [1.807, 2.05) is 5.32 Å². The molecule has 1 aromatic carbocycles. The van der Waals surface area contributed by atoms with Crippen LogP contribution in [-0.2, 0) is 15.3 Å². The van der Waals surface area contributed by atoms with E-state index in [4.69, 9.17) is 4.42 Å². The molecule has 1 fully saturated rings. The summed E-state index contributed by atoms with van der Waals surface area (Å²) in [6, 6.07) is 4.53. The Balaban J connectivity index is 1.57. The number of rotatable bonds is 5. The Morgan fingerprint density at radius 2 is 2.09 bits per heavy atom. The number of anilines is 1. The zero-order valence-corrected chi connectivity index (χ0v) is 16.9. The van der Waals surface area contributed by atoms with Crippen molar-refractivity contribution < 1.29 is 27.2 Å². The maximum atomic E-state index is 14.5. The van der Waals surface area contributed by atoms with Crippen LogP contribution >= 0.6 is 0 Å². The van der Waals surface area contributed by atoms with Crippen molar-refractivity contribution in [2.45, 2.75) is 50.4 Å². The van der Waals surface area contributed by atoms with Gasteiger partial charge in [-0.05, 0) is 24.5 Å². The van der Waals surface area contributed by atoms with Crippen LogP contribution in [0, 0.1) is 5.92 Å². The average Bonchev–Trinajstić information content (AvgIpc) is 3.52. The topological polar surface area (TPSA) is 102 Å². The van der Waals surface area contributed by atoms with Gasteiger partial charge in [-0.2, -0.15) is 13.2 Å². The third-order valence-electron chi connectivity index (χ3n) is 6.22. The number of halogens is 3. The molecule has 168 valence electrons. The van der Waals surface area contributed by atoms with Crippen LogP contribution in [0.3, 0.4) is 0 Å². The van der Waals surface area contributed by atoms with E-state index in [-0.39, 0.29) is 29.3 Å². The second-order valence-electron chi connectivity index (χ2n) is 8.18. The third-order valence-corrected chi connectivity index (χ3v) is 6.22. The van der Waals surface area contributed by atoms with Crippen LogP contribution in [0.5, 0.6) is 0 Å². The van der Waals surface area contributed by atoms with Crippen molar-refractivity contribution in [2.75, 3.05) is 5.32 Å². The molecular formula is C21H20F3N5O3. The first-order valence-electron chi connectivity index (χ1n) is 10.4. The molecule has 1 atom stereocenters. The molecule has 0 radical (unpaired) electrons. The monoisotopic (exact) mass is 447 g/mol. The van der Waals surface area contributed by atoms with E-state index >= 15 is 0 Å². The molecule has 32 heavy (non-hydrogen) atoms. The Morgan fingerprint density at radius 3 is 2.78 bits per heavy atom. The molecule has 3 aromatic rings. The number of hydrogen-bond acceptors (Lipinski definition) is 5. The first kappa shape index (κ1) is 20.5. The van der Waals surface area contributed by atoms with Crippen molar-refractivity contribution in [3.63, 3.8) is 0 Å². The number of carbonyl (C=O) groups excluding carboxylic acids is 2. The van der Waals surface area contributed by atoms with Crippen LogP contribution in [0.2, 0.25) is 0 Å². The number of para-hydroxylation sites is 1. The Kier molecular flexibility index (Phi) is 4.72. The minimum absolute atomic E-state index is 0.0162. The third kappa shape index (κ3) is 3.06. The first-order chi connectivity index (χ1) is 15.3. The number of hydrogen-bond donors (Lipinski definition) is 2. The largest absolute Gasteiger partial charge is 0.444 e. The predicted molar refractivity (Wildman–Crippen MR) is 107 cm³/mol. The Labute approximate surface area is 180 Å². The smallest absolute Gasteiger partial charge is 0.440 e. The van der Waals surface area contributed by atoms with Crippen LogP contribution in [0.1, 0.15) is 38.5 Å². The van der Waals surface area contributed by atoms with Crippen molar-refractivity contribution in [3.8, 4) is 11.5 Å². The van der Waals surface area contributed by atoms with E-state index in [0.29, 0.717) is 22.5 Å². The Bertz CT molecular complexity index is 1180. The quantitative estimate of drug-likeness (QED) is 0.617. The van der Waals surface area contributed by atoms with Gasteiger partial charge in [0.1, 0.15) is 11.8 Å². The van der Waals surface area contributed by atoms with Crippen LogP contribution in [0.15, 0.2) is 35.1 Å². The number of carbonyl (C=O) groups is 2. The van der Waals surface area contributed by atoms with E-state index in [1.165, 1.54) is 24.6 Å². The molecule has 1 unspecified atom stereocenters. The summed E-state index contributed by atoms with van der Waals surface area (Å²) >= 11 is 0. The van der Waals surface area contributed by atoms with E-state index in [1.54, 1.807) is 6.07 Å². The zero-order valence-electron chi connectivity index (χ0n) is 16.9. The van der Waals surface area contributed by atoms with Gasteiger partial charge in [-0.1, -0.05) is 31.7 Å². The summed E-state index contributed by atoms with van der Waals surface area (Å²) in [6.45, 7) is 0. The van der Waals surface area contributed by atoms with Gasteiger partial charge >= 0.3 is 6.18 Å². The van der Waals surface area contributed by atoms with Crippen molar-refractivity contribution in [2.24, 2.45) is 5.92 Å². The molecule has 0 spiro atoms. The lowest BCUT2D eigenvalue weighted by Gasteiger charge is -2.32. The lowest BCUT2D eigenvalue weighted by molar-refractivity contribution is -0.217. The lowest BCUT2D eigenvalue weighted by atomic mass is 10.0. The number of benzene rings is 1. The fraction of sp³-hybridized carbons (Fsp3) is 0.429. The van der Waals surface area contributed by atoms with Gasteiger partial charge < -0.3 is 9.73 Å². The number of nitrogens with zero attached hydrogens (tertiary/aromatic N) is 3. The molecule has 1 aliphatic heterocycles. The maximum Gasteiger partial charge on any atom is 0.440 e. The Morgan fingerprint density at radius 1 is 1.31 bits per heavy atom. The highest BCUT2D eigenvalue weighted by Crippen LogP contribution is 2.45. The van der Waals surface area contributed by atoms with Gasteiger partial charge in [-0.25, -0.2) is 9.97 Å². The molecule has 0 saturated heterocycles. The molecule has 0 bridgehead atoms. The van der Waals surface area contributed by atoms with Crippen molar-refractivity contribution in [1.29, 1.82) is 0 Å². The lowest BCUT2D eigenvalue weighted by Crippen LogP contribution is -2.63. The molecule has 1 aliphatic carbocycles. The maximum absolute atomic E-state index is 14.5. The number of oxazole rings is 1. The fourth-order valence-corrected chi connectivity index (χ4v) is 4.68. The number of alkyl halides is 3. The summed E-state index contributed by atoms with van der Waals surface area (Å²) < 4.78 is 49.4. The summed E-state index contributed by atoms with van der Waals surface area (Å²) in [5.41, 5.74) is -2.74. The summed E-state index contributed by atoms with van der Waals surface area (Å²) in [4.78, 5) is 33.5. The van der Waals surface area contributed by atoms with Crippen molar-refractivity contribution in [1.82, 2.24) is 19.9 Å². The van der Waals surface area contributed by atoms with Crippen LogP contribution in [-0.4, -0.2) is 32.5 Å². The van der Waals surface area contributed by atoms with E-state index < -0.39 is 23.7 Å². The fourth-order valence-electron chi connectivity index (χ4n) is 4.68. The number of amides is 2. The van der Waals surface area contributed by atoms with Gasteiger partial charge in [-0.3, -0.25) is 19.5 Å². The second kappa shape index (κ2) is 7.35. The summed E-state index contributed by atoms with van der Waals surface area (Å²) in [5.74, 6) is -2.03. The Hall–Kier alpha value is -3.37. The van der Waals surface area contributed by atoms with E-state index in [2.05, 4.69) is 15.3 Å². The van der Waals surface area contributed by atoms with E-state index in [9.17, 15) is 22.8 Å². The molecule has 2 aliphatic rings. The van der Waals surface area contributed by atoms with E-state index in [0.717, 1.165) is 25.7 Å². The van der Waals surface area contributed by atoms with Gasteiger partial charge in [0, 0.05) is 6.42 Å². The predicted octanol–water partition coefficient (Wildman–Crippen LogP) is 3.95. The van der Waals surface area contributed by atoms with Crippen LogP contribution < -0.4 is 10.6 Å². The highest BCUT2D eigenvalue weighted by Gasteiger charge is 2.67. The number of aromatic nitrogens is 3. The normalized spacial score (nSPS) is 21.2. The highest BCUT2D eigenvalue weighted by molar-refractivity contribution is 6.06. The minimum atomic E-state index is -5.11. The molecule has 2 N–H and O–H groups in total. The second-order valence-corrected chi connectivity index (χ2v) is 8.18. The van der Waals surface area contributed by atoms with Gasteiger partial charge in [0.25, 0.3) is 11.6 Å². The SMILES string of the molecule is O=C(CCC1CCCC1)NC1(C(F)(F)F)C(=O)Nc2nc3c(-c4ncco4)cccc3n21. The number of nitrogens with one attached hydrogen (secondary N) is 2. The van der Waals surface area contributed by atoms with Crippen LogP contribution in [0.4, 0.5) is 19.1 Å².